The molecule has 0 aliphatic carbocycles. The second-order valence-corrected chi connectivity index (χ2v) is 5.96. The monoisotopic (exact) mass is 263 g/mol. The van der Waals surface area contributed by atoms with Crippen molar-refractivity contribution in [1.29, 1.82) is 0 Å². The first-order valence-corrected chi connectivity index (χ1v) is 7.04. The molecule has 0 radical (unpaired) electrons. The van der Waals surface area contributed by atoms with Gasteiger partial charge in [0.25, 0.3) is 0 Å². The van der Waals surface area contributed by atoms with E-state index >= 15 is 0 Å². The van der Waals surface area contributed by atoms with E-state index in [0.717, 1.165) is 25.2 Å². The maximum atomic E-state index is 5.76. The molecule has 0 amide bonds. The minimum Gasteiger partial charge on any atom is -0.497 e. The molecule has 1 aromatic rings. The number of benzene rings is 1. The molecule has 1 saturated heterocycles. The van der Waals surface area contributed by atoms with Gasteiger partial charge in [0.1, 0.15) is 5.75 Å². The fourth-order valence-electron chi connectivity index (χ4n) is 2.73. The lowest BCUT2D eigenvalue weighted by Gasteiger charge is -2.37. The Bertz CT molecular complexity index is 417. The Labute approximate surface area is 116 Å². The molecule has 0 spiro atoms. The molecule has 2 rings (SSSR count). The quantitative estimate of drug-likeness (QED) is 0.904. The zero-order valence-corrected chi connectivity index (χ0v) is 12.4. The Morgan fingerprint density at radius 2 is 2.21 bits per heavy atom. The third kappa shape index (κ3) is 3.95. The number of rotatable bonds is 4. The summed E-state index contributed by atoms with van der Waals surface area (Å²) in [6.07, 6.45) is 2.14. The van der Waals surface area contributed by atoms with Gasteiger partial charge in [-0.25, -0.2) is 0 Å². The van der Waals surface area contributed by atoms with E-state index in [9.17, 15) is 0 Å². The summed E-state index contributed by atoms with van der Waals surface area (Å²) in [6.45, 7) is 7.38. The number of ether oxygens (including phenoxy) is 2. The molecule has 106 valence electrons. The van der Waals surface area contributed by atoms with Crippen molar-refractivity contribution in [2.45, 2.75) is 51.3 Å². The molecule has 0 aromatic heterocycles. The first-order valence-electron chi connectivity index (χ1n) is 7.04. The largest absolute Gasteiger partial charge is 0.497 e. The van der Waals surface area contributed by atoms with E-state index in [1.54, 1.807) is 7.11 Å². The molecule has 3 nitrogen and oxygen atoms in total. The molecule has 1 heterocycles. The fraction of sp³-hybridized carbons (Fsp3) is 0.625. The predicted molar refractivity (Wildman–Crippen MR) is 77.6 cm³/mol. The van der Waals surface area contributed by atoms with Gasteiger partial charge in [-0.15, -0.1) is 0 Å². The Morgan fingerprint density at radius 1 is 1.42 bits per heavy atom. The summed E-state index contributed by atoms with van der Waals surface area (Å²) in [5, 5.41) is 3.71. The van der Waals surface area contributed by atoms with Crippen molar-refractivity contribution in [2.24, 2.45) is 0 Å². The molecule has 0 saturated carbocycles. The third-order valence-electron chi connectivity index (χ3n) is 3.78. The van der Waals surface area contributed by atoms with Crippen LogP contribution in [-0.2, 0) is 4.74 Å². The SMILES string of the molecule is COc1cccc([C@H](C)NC2CCOC(C)(C)C2)c1. The van der Waals surface area contributed by atoms with E-state index in [-0.39, 0.29) is 5.60 Å². The van der Waals surface area contributed by atoms with Crippen LogP contribution in [0.4, 0.5) is 0 Å². The van der Waals surface area contributed by atoms with Gasteiger partial charge in [0.2, 0.25) is 0 Å². The zero-order valence-electron chi connectivity index (χ0n) is 12.4. The molecule has 1 N–H and O–H groups in total. The Kier molecular flexibility index (Phi) is 4.48. The Balaban J connectivity index is 1.98. The van der Waals surface area contributed by atoms with Gasteiger partial charge in [-0.2, -0.15) is 0 Å². The molecule has 1 aromatic carbocycles. The van der Waals surface area contributed by atoms with Crippen LogP contribution in [0.2, 0.25) is 0 Å². The first-order chi connectivity index (χ1) is 9.00. The summed E-state index contributed by atoms with van der Waals surface area (Å²) in [4.78, 5) is 0. The van der Waals surface area contributed by atoms with Gasteiger partial charge in [-0.05, 0) is 51.3 Å². The van der Waals surface area contributed by atoms with Crippen LogP contribution < -0.4 is 10.1 Å². The lowest BCUT2D eigenvalue weighted by Crippen LogP contribution is -2.44. The molecule has 1 aliphatic heterocycles. The Morgan fingerprint density at radius 3 is 2.89 bits per heavy atom. The van der Waals surface area contributed by atoms with Gasteiger partial charge in [-0.1, -0.05) is 12.1 Å². The van der Waals surface area contributed by atoms with E-state index in [1.807, 2.05) is 12.1 Å². The summed E-state index contributed by atoms with van der Waals surface area (Å²) >= 11 is 0. The molecular weight excluding hydrogens is 238 g/mol. The van der Waals surface area contributed by atoms with Crippen LogP contribution in [0, 0.1) is 0 Å². The average Bonchev–Trinajstić information content (AvgIpc) is 2.37. The smallest absolute Gasteiger partial charge is 0.119 e. The maximum Gasteiger partial charge on any atom is 0.119 e. The minimum absolute atomic E-state index is 0.00991. The maximum absolute atomic E-state index is 5.76. The van der Waals surface area contributed by atoms with Crippen LogP contribution in [0.5, 0.6) is 5.75 Å². The van der Waals surface area contributed by atoms with E-state index in [1.165, 1.54) is 5.56 Å². The molecule has 1 fully saturated rings. The average molecular weight is 263 g/mol. The lowest BCUT2D eigenvalue weighted by molar-refractivity contribution is -0.0640. The predicted octanol–water partition coefficient (Wildman–Crippen LogP) is 3.30. The van der Waals surface area contributed by atoms with E-state index in [2.05, 4.69) is 38.2 Å². The van der Waals surface area contributed by atoms with Crippen LogP contribution >= 0.6 is 0 Å². The third-order valence-corrected chi connectivity index (χ3v) is 3.78. The van der Waals surface area contributed by atoms with E-state index in [4.69, 9.17) is 9.47 Å². The molecule has 19 heavy (non-hydrogen) atoms. The van der Waals surface area contributed by atoms with Crippen molar-refractivity contribution in [3.63, 3.8) is 0 Å². The van der Waals surface area contributed by atoms with Crippen LogP contribution in [0.3, 0.4) is 0 Å². The van der Waals surface area contributed by atoms with Gasteiger partial charge in [-0.3, -0.25) is 0 Å². The van der Waals surface area contributed by atoms with Crippen molar-refractivity contribution >= 4 is 0 Å². The van der Waals surface area contributed by atoms with Crippen LogP contribution in [0.25, 0.3) is 0 Å². The standard InChI is InChI=1S/C16H25NO2/c1-12(13-6-5-7-15(10-13)18-4)17-14-8-9-19-16(2,3)11-14/h5-7,10,12,14,17H,8-9,11H2,1-4H3/t12-,14?/m0/s1. The highest BCUT2D eigenvalue weighted by Crippen LogP contribution is 2.26. The van der Waals surface area contributed by atoms with Crippen molar-refractivity contribution in [3.8, 4) is 5.75 Å². The normalized spacial score (nSPS) is 23.9. The van der Waals surface area contributed by atoms with Gasteiger partial charge in [0.05, 0.1) is 12.7 Å². The number of methoxy groups -OCH3 is 1. The van der Waals surface area contributed by atoms with Gasteiger partial charge < -0.3 is 14.8 Å². The molecule has 0 bridgehead atoms. The molecule has 1 unspecified atom stereocenters. The van der Waals surface area contributed by atoms with Crippen LogP contribution in [0.1, 0.15) is 45.2 Å². The van der Waals surface area contributed by atoms with E-state index < -0.39 is 0 Å². The second-order valence-electron chi connectivity index (χ2n) is 5.96. The summed E-state index contributed by atoms with van der Waals surface area (Å²) < 4.78 is 11.0. The van der Waals surface area contributed by atoms with Crippen molar-refractivity contribution < 1.29 is 9.47 Å². The van der Waals surface area contributed by atoms with Gasteiger partial charge in [0, 0.05) is 18.7 Å². The van der Waals surface area contributed by atoms with Crippen molar-refractivity contribution in [1.82, 2.24) is 5.32 Å². The molecule has 1 aliphatic rings. The summed E-state index contributed by atoms with van der Waals surface area (Å²) in [6, 6.07) is 9.11. The highest BCUT2D eigenvalue weighted by molar-refractivity contribution is 5.30. The second kappa shape index (κ2) is 5.93. The first kappa shape index (κ1) is 14.4. The van der Waals surface area contributed by atoms with Crippen LogP contribution in [-0.4, -0.2) is 25.4 Å². The van der Waals surface area contributed by atoms with Gasteiger partial charge >= 0.3 is 0 Å². The summed E-state index contributed by atoms with van der Waals surface area (Å²) in [7, 11) is 1.71. The lowest BCUT2D eigenvalue weighted by atomic mass is 9.93. The Hall–Kier alpha value is -1.06. The number of nitrogens with one attached hydrogen (secondary N) is 1. The van der Waals surface area contributed by atoms with Gasteiger partial charge in [0.15, 0.2) is 0 Å². The highest BCUT2D eigenvalue weighted by atomic mass is 16.5. The summed E-state index contributed by atoms with van der Waals surface area (Å²) in [5.74, 6) is 0.915. The van der Waals surface area contributed by atoms with E-state index in [0.29, 0.717) is 12.1 Å². The zero-order chi connectivity index (χ0) is 13.9. The topological polar surface area (TPSA) is 30.5 Å². The van der Waals surface area contributed by atoms with Crippen molar-refractivity contribution in [3.05, 3.63) is 29.8 Å². The number of hydrogen-bond acceptors (Lipinski definition) is 3. The molecule has 2 atom stereocenters. The highest BCUT2D eigenvalue weighted by Gasteiger charge is 2.29. The molecular formula is C16H25NO2. The fourth-order valence-corrected chi connectivity index (χ4v) is 2.73. The van der Waals surface area contributed by atoms with Crippen LogP contribution in [0.15, 0.2) is 24.3 Å². The summed E-state index contributed by atoms with van der Waals surface area (Å²) in [5.41, 5.74) is 1.26. The molecule has 3 heteroatoms. The van der Waals surface area contributed by atoms with Crippen molar-refractivity contribution in [2.75, 3.05) is 13.7 Å². The number of hydrogen-bond donors (Lipinski definition) is 1. The minimum atomic E-state index is -0.00991.